The molecule has 0 aromatic heterocycles. The van der Waals surface area contributed by atoms with E-state index in [1.807, 2.05) is 36.4 Å². The molecule has 0 spiro atoms. The number of hydrogen-bond acceptors (Lipinski definition) is 6. The number of carboxylic acid groups (broad SMARTS) is 2. The highest BCUT2D eigenvalue weighted by Crippen LogP contribution is 2.15. The Balaban J connectivity index is 0.000000240. The smallest absolute Gasteiger partial charge is 0.303 e. The second-order valence-electron chi connectivity index (χ2n) is 10.6. The maximum absolute atomic E-state index is 11.9. The standard InChI is InChI=1S/2C13H10O2.C12H22O4/c2*14-12-8-6-11(7-9-12)13(15)10-4-2-1-3-5-10;13-11(14)9-7-5-3-1-2-4-6-8-10-12(15)16/h2*1-9,14H;1-10H2,(H,13,14)(H,15,16). The molecule has 0 heterocycles. The Morgan fingerprint density at radius 2 is 0.630 bits per heavy atom. The molecule has 8 nitrogen and oxygen atoms in total. The van der Waals surface area contributed by atoms with E-state index in [1.54, 1.807) is 48.5 Å². The second-order valence-corrected chi connectivity index (χ2v) is 10.6. The summed E-state index contributed by atoms with van der Waals surface area (Å²) >= 11 is 0. The molecule has 242 valence electrons. The molecular weight excluding hydrogens is 584 g/mol. The predicted molar refractivity (Wildman–Crippen MR) is 177 cm³/mol. The van der Waals surface area contributed by atoms with Gasteiger partial charge in [0.05, 0.1) is 0 Å². The van der Waals surface area contributed by atoms with E-state index in [0.29, 0.717) is 22.3 Å². The molecule has 4 N–H and O–H groups in total. The first-order valence-electron chi connectivity index (χ1n) is 15.4. The highest BCUT2D eigenvalue weighted by atomic mass is 16.4. The average Bonchev–Trinajstić information content (AvgIpc) is 3.07. The van der Waals surface area contributed by atoms with Crippen LogP contribution in [0.5, 0.6) is 11.5 Å². The van der Waals surface area contributed by atoms with Gasteiger partial charge >= 0.3 is 11.9 Å². The Morgan fingerprint density at radius 1 is 0.370 bits per heavy atom. The number of hydrogen-bond donors (Lipinski definition) is 4. The number of aliphatic carboxylic acids is 2. The number of carbonyl (C=O) groups excluding carboxylic acids is 2. The minimum Gasteiger partial charge on any atom is -0.508 e. The molecule has 0 atom stereocenters. The monoisotopic (exact) mass is 626 g/mol. The van der Waals surface area contributed by atoms with Crippen LogP contribution in [0, 0.1) is 0 Å². The van der Waals surface area contributed by atoms with Crippen molar-refractivity contribution in [3.8, 4) is 11.5 Å². The Hall–Kier alpha value is -5.24. The number of ketones is 2. The minimum atomic E-state index is -0.714. The number of carboxylic acids is 2. The second kappa shape index (κ2) is 21.5. The summed E-state index contributed by atoms with van der Waals surface area (Å²) in [6, 6.07) is 30.6. The molecule has 0 aliphatic rings. The van der Waals surface area contributed by atoms with Crippen LogP contribution in [0.1, 0.15) is 96.1 Å². The molecule has 0 saturated carbocycles. The normalized spacial score (nSPS) is 10.0. The van der Waals surface area contributed by atoms with Gasteiger partial charge in [-0.1, -0.05) is 99.2 Å². The Morgan fingerprint density at radius 3 is 0.913 bits per heavy atom. The van der Waals surface area contributed by atoms with Gasteiger partial charge in [0, 0.05) is 35.1 Å². The van der Waals surface area contributed by atoms with E-state index >= 15 is 0 Å². The van der Waals surface area contributed by atoms with Crippen molar-refractivity contribution in [1.29, 1.82) is 0 Å². The van der Waals surface area contributed by atoms with Crippen molar-refractivity contribution in [2.75, 3.05) is 0 Å². The zero-order valence-electron chi connectivity index (χ0n) is 25.9. The van der Waals surface area contributed by atoms with Crippen molar-refractivity contribution >= 4 is 23.5 Å². The third kappa shape index (κ3) is 15.5. The van der Waals surface area contributed by atoms with Gasteiger partial charge in [0.15, 0.2) is 11.6 Å². The molecule has 0 aliphatic heterocycles. The third-order valence-corrected chi connectivity index (χ3v) is 6.86. The number of phenolic OH excluding ortho intramolecular Hbond substituents is 2. The number of benzene rings is 4. The number of carbonyl (C=O) groups is 4. The first-order valence-corrected chi connectivity index (χ1v) is 15.4. The number of unbranched alkanes of at least 4 members (excludes halogenated alkanes) is 7. The summed E-state index contributed by atoms with van der Waals surface area (Å²) in [5.41, 5.74) is 2.48. The Bertz CT molecular complexity index is 1350. The van der Waals surface area contributed by atoms with Crippen LogP contribution in [-0.2, 0) is 9.59 Å². The average molecular weight is 627 g/mol. The lowest BCUT2D eigenvalue weighted by molar-refractivity contribution is -0.138. The van der Waals surface area contributed by atoms with Crippen LogP contribution in [0.25, 0.3) is 0 Å². The first-order chi connectivity index (χ1) is 22.2. The molecule has 0 amide bonds. The Kier molecular flexibility index (Phi) is 17.2. The number of phenols is 2. The fraction of sp³-hybridized carbons (Fsp3) is 0.263. The predicted octanol–water partition coefficient (Wildman–Crippen LogP) is 8.30. The van der Waals surface area contributed by atoms with E-state index < -0.39 is 11.9 Å². The van der Waals surface area contributed by atoms with Crippen molar-refractivity contribution in [3.05, 3.63) is 131 Å². The van der Waals surface area contributed by atoms with Gasteiger partial charge in [-0.15, -0.1) is 0 Å². The minimum absolute atomic E-state index is 0.0319. The Labute approximate surface area is 270 Å². The highest BCUT2D eigenvalue weighted by Gasteiger charge is 2.08. The molecule has 46 heavy (non-hydrogen) atoms. The van der Waals surface area contributed by atoms with Gasteiger partial charge in [0.25, 0.3) is 0 Å². The maximum Gasteiger partial charge on any atom is 0.303 e. The van der Waals surface area contributed by atoms with E-state index in [-0.39, 0.29) is 35.9 Å². The highest BCUT2D eigenvalue weighted by molar-refractivity contribution is 6.09. The van der Waals surface area contributed by atoms with E-state index in [1.165, 1.54) is 24.3 Å². The molecule has 0 aliphatic carbocycles. The van der Waals surface area contributed by atoms with Gasteiger partial charge in [-0.2, -0.15) is 0 Å². The summed E-state index contributed by atoms with van der Waals surface area (Å²) in [7, 11) is 0. The van der Waals surface area contributed by atoms with Crippen molar-refractivity contribution in [1.82, 2.24) is 0 Å². The third-order valence-electron chi connectivity index (χ3n) is 6.86. The molecule has 0 saturated heterocycles. The van der Waals surface area contributed by atoms with E-state index in [2.05, 4.69) is 0 Å². The van der Waals surface area contributed by atoms with Gasteiger partial charge in [0.1, 0.15) is 11.5 Å². The molecule has 0 fully saturated rings. The quantitative estimate of drug-likeness (QED) is 0.0760. The van der Waals surface area contributed by atoms with E-state index in [4.69, 9.17) is 20.4 Å². The van der Waals surface area contributed by atoms with Gasteiger partial charge < -0.3 is 20.4 Å². The summed E-state index contributed by atoms with van der Waals surface area (Å²) in [5, 5.41) is 35.0. The van der Waals surface area contributed by atoms with Crippen molar-refractivity contribution in [3.63, 3.8) is 0 Å². The number of aromatic hydroxyl groups is 2. The zero-order chi connectivity index (χ0) is 33.6. The van der Waals surface area contributed by atoms with Crippen LogP contribution in [0.4, 0.5) is 0 Å². The summed E-state index contributed by atoms with van der Waals surface area (Å²) in [5.74, 6) is -1.16. The maximum atomic E-state index is 11.9. The van der Waals surface area contributed by atoms with Crippen LogP contribution in [-0.4, -0.2) is 43.9 Å². The van der Waals surface area contributed by atoms with Crippen molar-refractivity contribution < 1.29 is 39.6 Å². The summed E-state index contributed by atoms with van der Waals surface area (Å²) < 4.78 is 0. The molecular formula is C38H42O8. The topological polar surface area (TPSA) is 149 Å². The number of rotatable bonds is 15. The lowest BCUT2D eigenvalue weighted by Gasteiger charge is -2.00. The van der Waals surface area contributed by atoms with Crippen molar-refractivity contribution in [2.45, 2.75) is 64.2 Å². The van der Waals surface area contributed by atoms with Crippen LogP contribution >= 0.6 is 0 Å². The van der Waals surface area contributed by atoms with Crippen LogP contribution in [0.3, 0.4) is 0 Å². The molecule has 0 unspecified atom stereocenters. The van der Waals surface area contributed by atoms with E-state index in [9.17, 15) is 19.2 Å². The van der Waals surface area contributed by atoms with Gasteiger partial charge in [-0.05, 0) is 61.4 Å². The molecule has 4 rings (SSSR count). The van der Waals surface area contributed by atoms with E-state index in [0.717, 1.165) is 51.4 Å². The van der Waals surface area contributed by atoms with Crippen LogP contribution in [0.15, 0.2) is 109 Å². The fourth-order valence-electron chi connectivity index (χ4n) is 4.35. The summed E-state index contributed by atoms with van der Waals surface area (Å²) in [6.07, 6.45) is 8.51. The van der Waals surface area contributed by atoms with Crippen LogP contribution in [0.2, 0.25) is 0 Å². The lowest BCUT2D eigenvalue weighted by Crippen LogP contribution is -1.99. The zero-order valence-corrected chi connectivity index (χ0v) is 25.9. The molecule has 0 bridgehead atoms. The largest absolute Gasteiger partial charge is 0.508 e. The van der Waals surface area contributed by atoms with Gasteiger partial charge in [-0.25, -0.2) is 0 Å². The SMILES string of the molecule is O=C(O)CCCCCCCCCCC(=O)O.O=C(c1ccccc1)c1ccc(O)cc1.O=C(c1ccccc1)c1ccc(O)cc1. The summed E-state index contributed by atoms with van der Waals surface area (Å²) in [6.45, 7) is 0. The summed E-state index contributed by atoms with van der Waals surface area (Å²) in [4.78, 5) is 44.2. The lowest BCUT2D eigenvalue weighted by atomic mass is 10.0. The first kappa shape index (κ1) is 36.9. The molecule has 4 aromatic carbocycles. The van der Waals surface area contributed by atoms with Crippen molar-refractivity contribution in [2.24, 2.45) is 0 Å². The van der Waals surface area contributed by atoms with Gasteiger partial charge in [-0.3, -0.25) is 19.2 Å². The molecule has 0 radical (unpaired) electrons. The molecule has 4 aromatic rings. The van der Waals surface area contributed by atoms with Gasteiger partial charge in [0.2, 0.25) is 0 Å². The van der Waals surface area contributed by atoms with Crippen LogP contribution < -0.4 is 0 Å². The fourth-order valence-corrected chi connectivity index (χ4v) is 4.35. The molecule has 8 heteroatoms.